The fourth-order valence-electron chi connectivity index (χ4n) is 4.69. The minimum Gasteiger partial charge on any atom is -0.507 e. The van der Waals surface area contributed by atoms with Crippen LogP contribution in [0.2, 0.25) is 0 Å². The summed E-state index contributed by atoms with van der Waals surface area (Å²) in [6.07, 6.45) is 12.7. The molecular weight excluding hydrogens is 436 g/mol. The molecule has 0 spiro atoms. The molecular formula is C31H46O4. The summed E-state index contributed by atoms with van der Waals surface area (Å²) >= 11 is 0. The number of phenols is 2. The molecule has 0 aromatic heterocycles. The van der Waals surface area contributed by atoms with Crippen LogP contribution < -0.4 is 4.74 Å². The first-order chi connectivity index (χ1) is 16.4. The van der Waals surface area contributed by atoms with Crippen molar-refractivity contribution in [2.75, 3.05) is 0 Å². The van der Waals surface area contributed by atoms with Crippen molar-refractivity contribution in [3.63, 3.8) is 0 Å². The average molecular weight is 483 g/mol. The first-order valence-corrected chi connectivity index (χ1v) is 13.1. The molecule has 0 amide bonds. The number of fused-ring (bicyclic) bond motifs is 1. The molecule has 0 unspecified atom stereocenters. The molecule has 1 aliphatic rings. The zero-order valence-electron chi connectivity index (χ0n) is 23.1. The van der Waals surface area contributed by atoms with E-state index < -0.39 is 5.60 Å². The Morgan fingerprint density at radius 1 is 1.09 bits per heavy atom. The molecule has 0 saturated carbocycles. The lowest BCUT2D eigenvalue weighted by molar-refractivity contribution is 0.00178. The van der Waals surface area contributed by atoms with E-state index in [4.69, 9.17) is 4.74 Å². The van der Waals surface area contributed by atoms with Crippen molar-refractivity contribution >= 4 is 5.78 Å². The highest BCUT2D eigenvalue weighted by molar-refractivity contribution is 6.03. The van der Waals surface area contributed by atoms with Crippen molar-refractivity contribution in [2.24, 2.45) is 11.8 Å². The number of phenolic OH excluding ortho intramolecular Hbond substituents is 2. The summed E-state index contributed by atoms with van der Waals surface area (Å²) in [5.74, 6) is -0.0658. The van der Waals surface area contributed by atoms with Crippen LogP contribution in [0.5, 0.6) is 17.2 Å². The second kappa shape index (κ2) is 12.5. The Bertz CT molecular complexity index is 990. The van der Waals surface area contributed by atoms with Gasteiger partial charge in [-0.05, 0) is 86.5 Å². The van der Waals surface area contributed by atoms with Crippen LogP contribution in [0.4, 0.5) is 0 Å². The number of Topliss-reactive ketones (excluding diaryl/α,β-unsaturated/α-hetero) is 1. The van der Waals surface area contributed by atoms with Gasteiger partial charge in [0.15, 0.2) is 5.78 Å². The lowest BCUT2D eigenvalue weighted by Gasteiger charge is -2.43. The Labute approximate surface area is 212 Å². The zero-order chi connectivity index (χ0) is 26.3. The number of aromatic hydroxyl groups is 2. The SMILES string of the molecule is CC[C@@H](C)C(=O)c1c(O)cc(O)c2c1O[C@](C)(CCC=C(C)CCC=C(C)C)[C@@H](CC=C(C)C)C2. The number of benzene rings is 1. The summed E-state index contributed by atoms with van der Waals surface area (Å²) < 4.78 is 6.66. The molecule has 1 heterocycles. The topological polar surface area (TPSA) is 66.8 Å². The Kier molecular flexibility index (Phi) is 10.2. The summed E-state index contributed by atoms with van der Waals surface area (Å²) in [6.45, 7) is 16.5. The molecule has 35 heavy (non-hydrogen) atoms. The standard InChI is InChI=1S/C31H46O4/c1-9-23(7)29(34)28-27(33)19-26(32)25-18-24(16-15-21(4)5)31(8,35-30(25)28)17-11-14-22(6)13-10-12-20(2)3/h12,14-15,19,23-24,32-33H,9-11,13,16-18H2,1-8H3/t23-,24+,31-/m1/s1. The Morgan fingerprint density at radius 3 is 2.34 bits per heavy atom. The van der Waals surface area contributed by atoms with Crippen molar-refractivity contribution in [2.45, 2.75) is 106 Å². The lowest BCUT2D eigenvalue weighted by Crippen LogP contribution is -2.45. The van der Waals surface area contributed by atoms with E-state index in [1.165, 1.54) is 22.8 Å². The van der Waals surface area contributed by atoms with Gasteiger partial charge < -0.3 is 14.9 Å². The van der Waals surface area contributed by atoms with Crippen LogP contribution in [0.15, 0.2) is 41.0 Å². The van der Waals surface area contributed by atoms with Gasteiger partial charge in [0.1, 0.15) is 28.4 Å². The predicted octanol–water partition coefficient (Wildman–Crippen LogP) is 8.47. The quantitative estimate of drug-likeness (QED) is 0.245. The van der Waals surface area contributed by atoms with Crippen molar-refractivity contribution in [1.82, 2.24) is 0 Å². The summed E-state index contributed by atoms with van der Waals surface area (Å²) in [5.41, 5.74) is 4.28. The molecule has 2 rings (SSSR count). The zero-order valence-corrected chi connectivity index (χ0v) is 23.1. The second-order valence-corrected chi connectivity index (χ2v) is 11.0. The minimum atomic E-state index is -0.527. The number of hydrogen-bond acceptors (Lipinski definition) is 4. The maximum absolute atomic E-state index is 13.2. The lowest BCUT2D eigenvalue weighted by atomic mass is 9.75. The molecule has 2 N–H and O–H groups in total. The van der Waals surface area contributed by atoms with Gasteiger partial charge in [-0.2, -0.15) is 0 Å². The fraction of sp³-hybridized carbons (Fsp3) is 0.581. The third-order valence-electron chi connectivity index (χ3n) is 7.33. The van der Waals surface area contributed by atoms with E-state index in [-0.39, 0.29) is 34.7 Å². The molecule has 3 atom stereocenters. The first kappa shape index (κ1) is 28.7. The van der Waals surface area contributed by atoms with Gasteiger partial charge in [-0.25, -0.2) is 0 Å². The number of allylic oxidation sites excluding steroid dienone is 6. The van der Waals surface area contributed by atoms with Crippen LogP contribution in [-0.2, 0) is 6.42 Å². The smallest absolute Gasteiger partial charge is 0.173 e. The highest BCUT2D eigenvalue weighted by atomic mass is 16.5. The van der Waals surface area contributed by atoms with E-state index in [2.05, 4.69) is 59.8 Å². The molecule has 1 aliphatic heterocycles. The van der Waals surface area contributed by atoms with Gasteiger partial charge in [0.2, 0.25) is 0 Å². The van der Waals surface area contributed by atoms with Crippen molar-refractivity contribution in [1.29, 1.82) is 0 Å². The molecule has 0 bridgehead atoms. The van der Waals surface area contributed by atoms with Crippen LogP contribution >= 0.6 is 0 Å². The second-order valence-electron chi connectivity index (χ2n) is 11.0. The van der Waals surface area contributed by atoms with Crippen LogP contribution in [0.3, 0.4) is 0 Å². The average Bonchev–Trinajstić information content (AvgIpc) is 2.76. The van der Waals surface area contributed by atoms with Crippen molar-refractivity contribution in [3.05, 3.63) is 52.1 Å². The maximum Gasteiger partial charge on any atom is 0.173 e. The molecule has 0 radical (unpaired) electrons. The number of rotatable bonds is 11. The van der Waals surface area contributed by atoms with E-state index in [1.807, 2.05) is 13.8 Å². The summed E-state index contributed by atoms with van der Waals surface area (Å²) in [7, 11) is 0. The van der Waals surface area contributed by atoms with Crippen molar-refractivity contribution in [3.8, 4) is 17.2 Å². The van der Waals surface area contributed by atoms with Crippen LogP contribution in [0, 0.1) is 11.8 Å². The Hall–Kier alpha value is -2.49. The highest BCUT2D eigenvalue weighted by Crippen LogP contribution is 2.49. The van der Waals surface area contributed by atoms with E-state index in [0.29, 0.717) is 24.2 Å². The van der Waals surface area contributed by atoms with Gasteiger partial charge in [0, 0.05) is 23.5 Å². The summed E-state index contributed by atoms with van der Waals surface area (Å²) in [6, 6.07) is 1.30. The van der Waals surface area contributed by atoms with E-state index >= 15 is 0 Å². The first-order valence-electron chi connectivity index (χ1n) is 13.1. The van der Waals surface area contributed by atoms with Gasteiger partial charge in [-0.15, -0.1) is 0 Å². The van der Waals surface area contributed by atoms with E-state index in [9.17, 15) is 15.0 Å². The number of hydrogen-bond donors (Lipinski definition) is 2. The molecule has 1 aromatic carbocycles. The number of carbonyl (C=O) groups is 1. The van der Waals surface area contributed by atoms with Gasteiger partial charge in [-0.3, -0.25) is 4.79 Å². The molecule has 4 heteroatoms. The molecule has 194 valence electrons. The maximum atomic E-state index is 13.2. The molecule has 4 nitrogen and oxygen atoms in total. The van der Waals surface area contributed by atoms with Gasteiger partial charge in [0.05, 0.1) is 0 Å². The Balaban J connectivity index is 2.41. The van der Waals surface area contributed by atoms with Gasteiger partial charge in [0.25, 0.3) is 0 Å². The fourth-order valence-corrected chi connectivity index (χ4v) is 4.69. The van der Waals surface area contributed by atoms with Crippen molar-refractivity contribution < 1.29 is 19.7 Å². The minimum absolute atomic E-state index is 0.00235. The third kappa shape index (κ3) is 7.49. The van der Waals surface area contributed by atoms with E-state index in [0.717, 1.165) is 32.1 Å². The predicted molar refractivity (Wildman–Crippen MR) is 145 cm³/mol. The molecule has 0 fully saturated rings. The molecule has 1 aromatic rings. The highest BCUT2D eigenvalue weighted by Gasteiger charge is 2.43. The van der Waals surface area contributed by atoms with Crippen LogP contribution in [0.25, 0.3) is 0 Å². The largest absolute Gasteiger partial charge is 0.507 e. The van der Waals surface area contributed by atoms with E-state index in [1.54, 1.807) is 0 Å². The summed E-state index contributed by atoms with van der Waals surface area (Å²) in [5, 5.41) is 21.4. The van der Waals surface area contributed by atoms with Gasteiger partial charge in [-0.1, -0.05) is 48.8 Å². The van der Waals surface area contributed by atoms with Crippen LogP contribution in [0.1, 0.15) is 110 Å². The third-order valence-corrected chi connectivity index (χ3v) is 7.33. The molecule has 0 saturated heterocycles. The normalized spacial score (nSPS) is 20.5. The monoisotopic (exact) mass is 482 g/mol. The van der Waals surface area contributed by atoms with Crippen LogP contribution in [-0.4, -0.2) is 21.6 Å². The number of carbonyl (C=O) groups excluding carboxylic acids is 1. The number of ketones is 1. The number of ether oxygens (including phenoxy) is 1. The van der Waals surface area contributed by atoms with Gasteiger partial charge >= 0.3 is 0 Å². The Morgan fingerprint density at radius 2 is 1.74 bits per heavy atom. The summed E-state index contributed by atoms with van der Waals surface area (Å²) in [4.78, 5) is 13.2. The molecule has 0 aliphatic carbocycles.